The molecule has 1 unspecified atom stereocenters. The maximum absolute atomic E-state index is 11.2. The molecule has 1 heterocycles. The number of hydrogen-bond acceptors (Lipinski definition) is 5. The Labute approximate surface area is 99.4 Å². The van der Waals surface area contributed by atoms with Gasteiger partial charge in [0.2, 0.25) is 0 Å². The maximum atomic E-state index is 11.2. The third-order valence-electron chi connectivity index (χ3n) is 2.05. The quantitative estimate of drug-likeness (QED) is 0.739. The first kappa shape index (κ1) is 13.1. The molecule has 0 spiro atoms. The molecule has 0 aliphatic heterocycles. The van der Waals surface area contributed by atoms with Crippen LogP contribution < -0.4 is 5.73 Å². The third-order valence-corrected chi connectivity index (χ3v) is 3.15. The molecule has 1 atom stereocenters. The first-order chi connectivity index (χ1) is 7.65. The van der Waals surface area contributed by atoms with E-state index in [0.29, 0.717) is 12.4 Å². The SMILES string of the molecule is CCOC(=O)C(N)CSCc1cncn1C. The Morgan fingerprint density at radius 3 is 3.06 bits per heavy atom. The van der Waals surface area contributed by atoms with Crippen molar-refractivity contribution in [2.24, 2.45) is 12.8 Å². The molecule has 0 saturated carbocycles. The summed E-state index contributed by atoms with van der Waals surface area (Å²) in [6.45, 7) is 2.15. The molecule has 0 bridgehead atoms. The van der Waals surface area contributed by atoms with Crippen LogP contribution in [0, 0.1) is 0 Å². The molecule has 1 rings (SSSR count). The lowest BCUT2D eigenvalue weighted by molar-refractivity contribution is -0.144. The fourth-order valence-electron chi connectivity index (χ4n) is 1.13. The molecule has 0 aliphatic carbocycles. The Morgan fingerprint density at radius 1 is 1.75 bits per heavy atom. The first-order valence-electron chi connectivity index (χ1n) is 5.10. The number of carbonyl (C=O) groups is 1. The number of nitrogens with zero attached hydrogens (tertiary/aromatic N) is 2. The number of rotatable bonds is 6. The summed E-state index contributed by atoms with van der Waals surface area (Å²) >= 11 is 1.60. The number of hydrogen-bond donors (Lipinski definition) is 1. The van der Waals surface area contributed by atoms with Crippen LogP contribution in [0.4, 0.5) is 0 Å². The number of aryl methyl sites for hydroxylation is 1. The van der Waals surface area contributed by atoms with Crippen molar-refractivity contribution in [3.63, 3.8) is 0 Å². The van der Waals surface area contributed by atoms with Crippen LogP contribution in [0.5, 0.6) is 0 Å². The summed E-state index contributed by atoms with van der Waals surface area (Å²) in [5, 5.41) is 0. The zero-order chi connectivity index (χ0) is 12.0. The van der Waals surface area contributed by atoms with Crippen LogP contribution >= 0.6 is 11.8 Å². The van der Waals surface area contributed by atoms with E-state index in [4.69, 9.17) is 10.5 Å². The molecule has 16 heavy (non-hydrogen) atoms. The standard InChI is InChI=1S/C10H17N3O2S/c1-3-15-10(14)9(11)6-16-5-8-4-12-7-13(8)2/h4,7,9H,3,5-6,11H2,1-2H3. The second kappa shape index (κ2) is 6.55. The van der Waals surface area contributed by atoms with Gasteiger partial charge in [-0.15, -0.1) is 0 Å². The highest BCUT2D eigenvalue weighted by Crippen LogP contribution is 2.11. The molecule has 1 aromatic heterocycles. The van der Waals surface area contributed by atoms with E-state index in [0.717, 1.165) is 11.4 Å². The predicted octanol–water partition coefficient (Wildman–Crippen LogP) is 0.544. The van der Waals surface area contributed by atoms with Crippen LogP contribution in [-0.2, 0) is 22.3 Å². The van der Waals surface area contributed by atoms with Crippen LogP contribution in [0.3, 0.4) is 0 Å². The predicted molar refractivity (Wildman–Crippen MR) is 64.0 cm³/mol. The van der Waals surface area contributed by atoms with Gasteiger partial charge in [-0.1, -0.05) is 0 Å². The van der Waals surface area contributed by atoms with Gasteiger partial charge in [0, 0.05) is 30.4 Å². The molecular weight excluding hydrogens is 226 g/mol. The van der Waals surface area contributed by atoms with Gasteiger partial charge in [0.05, 0.1) is 12.9 Å². The fraction of sp³-hybridized carbons (Fsp3) is 0.600. The lowest BCUT2D eigenvalue weighted by Crippen LogP contribution is -2.34. The average molecular weight is 243 g/mol. The minimum absolute atomic E-state index is 0.333. The molecule has 0 aliphatic rings. The number of carbonyl (C=O) groups excluding carboxylic acids is 1. The zero-order valence-electron chi connectivity index (χ0n) is 9.55. The smallest absolute Gasteiger partial charge is 0.323 e. The number of esters is 1. The van der Waals surface area contributed by atoms with E-state index in [1.807, 2.05) is 17.8 Å². The number of aromatic nitrogens is 2. The van der Waals surface area contributed by atoms with E-state index < -0.39 is 6.04 Å². The van der Waals surface area contributed by atoms with Crippen molar-refractivity contribution in [1.82, 2.24) is 9.55 Å². The summed E-state index contributed by atoms with van der Waals surface area (Å²) < 4.78 is 6.77. The van der Waals surface area contributed by atoms with Gasteiger partial charge in [-0.2, -0.15) is 11.8 Å². The van der Waals surface area contributed by atoms with Gasteiger partial charge in [-0.3, -0.25) is 4.79 Å². The molecule has 0 amide bonds. The minimum atomic E-state index is -0.543. The Balaban J connectivity index is 2.25. The molecule has 2 N–H and O–H groups in total. The normalized spacial score (nSPS) is 12.4. The topological polar surface area (TPSA) is 70.1 Å². The van der Waals surface area contributed by atoms with Gasteiger partial charge in [-0.25, -0.2) is 4.98 Å². The lowest BCUT2D eigenvalue weighted by Gasteiger charge is -2.09. The van der Waals surface area contributed by atoms with E-state index >= 15 is 0 Å². The summed E-state index contributed by atoms with van der Waals surface area (Å²) in [6, 6.07) is -0.543. The maximum Gasteiger partial charge on any atom is 0.323 e. The Bertz CT molecular complexity index is 341. The van der Waals surface area contributed by atoms with Gasteiger partial charge in [-0.05, 0) is 6.92 Å². The molecule has 0 radical (unpaired) electrons. The number of nitrogens with two attached hydrogens (primary N) is 1. The van der Waals surface area contributed by atoms with Crippen molar-refractivity contribution in [1.29, 1.82) is 0 Å². The molecule has 0 aromatic carbocycles. The molecule has 1 aromatic rings. The Morgan fingerprint density at radius 2 is 2.50 bits per heavy atom. The van der Waals surface area contributed by atoms with Crippen molar-refractivity contribution in [3.05, 3.63) is 18.2 Å². The zero-order valence-corrected chi connectivity index (χ0v) is 10.4. The fourth-order valence-corrected chi connectivity index (χ4v) is 2.13. The van der Waals surface area contributed by atoms with Crippen LogP contribution in [0.25, 0.3) is 0 Å². The molecular formula is C10H17N3O2S. The van der Waals surface area contributed by atoms with Crippen molar-refractivity contribution >= 4 is 17.7 Å². The van der Waals surface area contributed by atoms with E-state index in [-0.39, 0.29) is 5.97 Å². The number of thioether (sulfide) groups is 1. The first-order valence-corrected chi connectivity index (χ1v) is 6.25. The van der Waals surface area contributed by atoms with E-state index in [2.05, 4.69) is 4.98 Å². The highest BCUT2D eigenvalue weighted by Gasteiger charge is 2.14. The van der Waals surface area contributed by atoms with Gasteiger partial charge in [0.15, 0.2) is 0 Å². The van der Waals surface area contributed by atoms with Crippen molar-refractivity contribution in [2.45, 2.75) is 18.7 Å². The van der Waals surface area contributed by atoms with Crippen LogP contribution in [0.15, 0.2) is 12.5 Å². The van der Waals surface area contributed by atoms with E-state index in [9.17, 15) is 4.79 Å². The van der Waals surface area contributed by atoms with E-state index in [1.54, 1.807) is 25.0 Å². The average Bonchev–Trinajstić information content (AvgIpc) is 2.65. The van der Waals surface area contributed by atoms with Crippen molar-refractivity contribution in [3.8, 4) is 0 Å². The van der Waals surface area contributed by atoms with Gasteiger partial charge in [0.1, 0.15) is 6.04 Å². The Kier molecular flexibility index (Phi) is 5.34. The third kappa shape index (κ3) is 3.86. The van der Waals surface area contributed by atoms with Crippen molar-refractivity contribution in [2.75, 3.05) is 12.4 Å². The minimum Gasteiger partial charge on any atom is -0.465 e. The summed E-state index contributed by atoms with van der Waals surface area (Å²) in [6.07, 6.45) is 3.56. The second-order valence-corrected chi connectivity index (χ2v) is 4.40. The summed E-state index contributed by atoms with van der Waals surface area (Å²) in [7, 11) is 1.94. The molecule has 5 nitrogen and oxygen atoms in total. The van der Waals surface area contributed by atoms with Crippen molar-refractivity contribution < 1.29 is 9.53 Å². The van der Waals surface area contributed by atoms with Gasteiger partial charge >= 0.3 is 5.97 Å². The lowest BCUT2D eigenvalue weighted by atomic mass is 10.4. The molecule has 90 valence electrons. The van der Waals surface area contributed by atoms with Crippen LogP contribution in [0.2, 0.25) is 0 Å². The van der Waals surface area contributed by atoms with Crippen LogP contribution in [-0.4, -0.2) is 33.9 Å². The number of imidazole rings is 1. The summed E-state index contributed by atoms with van der Waals surface area (Å²) in [5.41, 5.74) is 6.78. The molecule has 0 saturated heterocycles. The number of ether oxygens (including phenoxy) is 1. The summed E-state index contributed by atoms with van der Waals surface area (Å²) in [4.78, 5) is 15.2. The van der Waals surface area contributed by atoms with Gasteiger partial charge in [0.25, 0.3) is 0 Å². The largest absolute Gasteiger partial charge is 0.465 e. The monoisotopic (exact) mass is 243 g/mol. The summed E-state index contributed by atoms with van der Waals surface area (Å²) in [5.74, 6) is 1.02. The highest BCUT2D eigenvalue weighted by atomic mass is 32.2. The van der Waals surface area contributed by atoms with E-state index in [1.165, 1.54) is 0 Å². The Hall–Kier alpha value is -1.01. The second-order valence-electron chi connectivity index (χ2n) is 3.37. The van der Waals surface area contributed by atoms with Crippen LogP contribution in [0.1, 0.15) is 12.6 Å². The van der Waals surface area contributed by atoms with Gasteiger partial charge < -0.3 is 15.0 Å². The highest BCUT2D eigenvalue weighted by molar-refractivity contribution is 7.98. The molecule has 6 heteroatoms. The molecule has 0 fully saturated rings.